The van der Waals surface area contributed by atoms with Crippen LogP contribution in [0.5, 0.6) is 0 Å². The van der Waals surface area contributed by atoms with E-state index in [-0.39, 0.29) is 24.9 Å². The Morgan fingerprint density at radius 1 is 0.722 bits per heavy atom. The van der Waals surface area contributed by atoms with Gasteiger partial charge in [-0.05, 0) is 0 Å². The third-order valence-electron chi connectivity index (χ3n) is 12.7. The Kier molecular flexibility index (Phi) is 11.0. The van der Waals surface area contributed by atoms with E-state index in [0.29, 0.717) is 23.0 Å². The van der Waals surface area contributed by atoms with E-state index in [9.17, 15) is 39.5 Å². The topological polar surface area (TPSA) is 0 Å². The Morgan fingerprint density at radius 3 is 1.78 bits per heavy atom. The fraction of sp³-hybridized carbons (Fsp3) is 0.463. The molecule has 0 aromatic heterocycles. The van der Waals surface area contributed by atoms with Crippen molar-refractivity contribution in [1.82, 2.24) is 0 Å². The molecule has 13 heteroatoms. The monoisotopic (exact) mass is 895 g/mol. The molecule has 0 spiro atoms. The van der Waals surface area contributed by atoms with E-state index in [1.54, 1.807) is 12.1 Å². The van der Waals surface area contributed by atoms with E-state index < -0.39 is 51.0 Å². The van der Waals surface area contributed by atoms with Crippen LogP contribution < -0.4 is 0 Å². The fourth-order valence-corrected chi connectivity index (χ4v) is 41.7. The van der Waals surface area contributed by atoms with Gasteiger partial charge in [0.1, 0.15) is 0 Å². The summed E-state index contributed by atoms with van der Waals surface area (Å²) in [6.45, 7) is 10.8. The van der Waals surface area contributed by atoms with Crippen LogP contribution in [-0.2, 0) is 21.0 Å². The van der Waals surface area contributed by atoms with E-state index in [2.05, 4.69) is 51.2 Å². The van der Waals surface area contributed by atoms with Gasteiger partial charge >= 0.3 is 322 Å². The predicted molar refractivity (Wildman–Crippen MR) is 201 cm³/mol. The Morgan fingerprint density at radius 2 is 1.26 bits per heavy atom. The number of allylic oxidation sites excluding steroid dienone is 2. The van der Waals surface area contributed by atoms with E-state index in [4.69, 9.17) is 17.0 Å². The molecule has 3 aliphatic rings. The average Bonchev–Trinajstić information content (AvgIpc) is 3.66. The van der Waals surface area contributed by atoms with Crippen LogP contribution in [0.3, 0.4) is 0 Å². The minimum absolute atomic E-state index is 0.147. The zero-order chi connectivity index (χ0) is 39.8. The van der Waals surface area contributed by atoms with Crippen LogP contribution in [-0.4, -0.2) is 24.5 Å². The Balaban J connectivity index is 1.52. The standard InChI is InChI=1S/C20H12F9.C19H25.C2H7Si.2ClH.Zr/c1-11-9-13-3-2-4-15(16(13)10-11)12-5-7-14(8-6-12)17(18(21,22)23,19(24,25)26)20(27,28)29;1-3-14(2)18-11-7-10-16-12-17(13-19(16)18)15-8-5-4-6-9-15;1-3-2;;;/h2-10H,1H3;7,10-15H,3-6,8-9H2,1-2H3;3H,1-2H3;2*1H;/q;;;;;+2/p-2. The molecule has 0 heterocycles. The Bertz CT molecular complexity index is 1930. The third kappa shape index (κ3) is 6.27. The van der Waals surface area contributed by atoms with Crippen molar-refractivity contribution in [2.75, 3.05) is 0 Å². The van der Waals surface area contributed by atoms with Crippen molar-refractivity contribution in [3.63, 3.8) is 0 Å². The molecule has 0 bridgehead atoms. The van der Waals surface area contributed by atoms with Gasteiger partial charge in [0, 0.05) is 0 Å². The maximum absolute atomic E-state index is 13.9. The summed E-state index contributed by atoms with van der Waals surface area (Å²) in [7, 11) is 17.0. The molecule has 0 N–H and O–H groups in total. The van der Waals surface area contributed by atoms with Crippen LogP contribution in [0, 0.1) is 5.92 Å². The molecule has 54 heavy (non-hydrogen) atoms. The molecule has 0 radical (unpaired) electrons. The van der Waals surface area contributed by atoms with Crippen LogP contribution in [0.25, 0.3) is 23.3 Å². The quantitative estimate of drug-likeness (QED) is 0.156. The van der Waals surface area contributed by atoms with Crippen LogP contribution in [0.2, 0.25) is 13.1 Å². The molecular formula is C41H44Cl2F9SiZr. The summed E-state index contributed by atoms with van der Waals surface area (Å²) in [6, 6.07) is 14.2. The summed E-state index contributed by atoms with van der Waals surface area (Å²) in [5.74, 6) is -1.28. The molecule has 3 atom stereocenters. The number of alkyl halides is 9. The second kappa shape index (κ2) is 14.2. The molecule has 0 aliphatic heterocycles. The molecule has 1 fully saturated rings. The molecule has 0 saturated heterocycles. The van der Waals surface area contributed by atoms with E-state index >= 15 is 0 Å². The Hall–Kier alpha value is -1.81. The first-order valence-electron chi connectivity index (χ1n) is 18.6. The van der Waals surface area contributed by atoms with Crippen molar-refractivity contribution in [2.45, 2.75) is 110 Å². The number of benzene rings is 3. The third-order valence-corrected chi connectivity index (χ3v) is 64.7. The maximum atomic E-state index is 13.9. The molecule has 0 nitrogen and oxygen atoms in total. The van der Waals surface area contributed by atoms with Gasteiger partial charge in [0.2, 0.25) is 0 Å². The molecule has 3 aromatic rings. The first kappa shape index (κ1) is 41.8. The van der Waals surface area contributed by atoms with Gasteiger partial charge in [0.25, 0.3) is 0 Å². The van der Waals surface area contributed by atoms with Gasteiger partial charge in [-0.15, -0.1) is 0 Å². The van der Waals surface area contributed by atoms with Crippen molar-refractivity contribution in [2.24, 2.45) is 5.92 Å². The van der Waals surface area contributed by atoms with Crippen molar-refractivity contribution in [3.8, 4) is 11.1 Å². The summed E-state index contributed by atoms with van der Waals surface area (Å²) in [6.07, 6.45) is -9.24. The molecule has 3 aliphatic carbocycles. The number of rotatable bonds is 8. The molecular weight excluding hydrogens is 854 g/mol. The van der Waals surface area contributed by atoms with Crippen LogP contribution in [0.1, 0.15) is 106 Å². The zero-order valence-corrected chi connectivity index (χ0v) is 35.8. The van der Waals surface area contributed by atoms with E-state index in [0.717, 1.165) is 55.4 Å². The molecule has 1 saturated carbocycles. The van der Waals surface area contributed by atoms with E-state index in [1.165, 1.54) is 28.7 Å². The van der Waals surface area contributed by atoms with Gasteiger partial charge in [0.05, 0.1) is 0 Å². The second-order valence-electron chi connectivity index (χ2n) is 15.9. The Labute approximate surface area is 320 Å². The first-order chi connectivity index (χ1) is 25.0. The van der Waals surface area contributed by atoms with E-state index in [1.807, 2.05) is 19.1 Å². The summed E-state index contributed by atoms with van der Waals surface area (Å²) in [4.78, 5) is 0. The van der Waals surface area contributed by atoms with Crippen LogP contribution in [0.4, 0.5) is 39.5 Å². The number of halogens is 11. The second-order valence-corrected chi connectivity index (χ2v) is 58.4. The molecule has 293 valence electrons. The van der Waals surface area contributed by atoms with Crippen molar-refractivity contribution in [3.05, 3.63) is 105 Å². The van der Waals surface area contributed by atoms with Crippen molar-refractivity contribution < 1.29 is 55.1 Å². The SMILES string of the molecule is CCC(C)c1cccc2c1C=C(C1CCCCC1)[CH]2[Zr]([Cl])([Cl])([CH]1C(C)=Cc2c(-c3ccc(C(C(F)(F)F)(C(F)(F)F)C(F)(F)F)cc3)cccc21)[SiH](C)C. The van der Waals surface area contributed by atoms with Gasteiger partial charge in [-0.3, -0.25) is 0 Å². The van der Waals surface area contributed by atoms with Gasteiger partial charge in [0.15, 0.2) is 0 Å². The van der Waals surface area contributed by atoms with Crippen molar-refractivity contribution in [1.29, 1.82) is 0 Å². The molecule has 0 amide bonds. The number of hydrogen-bond acceptors (Lipinski definition) is 0. The minimum atomic E-state index is -6.70. The van der Waals surface area contributed by atoms with Crippen LogP contribution >= 0.6 is 17.0 Å². The number of fused-ring (bicyclic) bond motifs is 2. The summed E-state index contributed by atoms with van der Waals surface area (Å²) in [5.41, 5.74) is 0.0862. The first-order valence-corrected chi connectivity index (χ1v) is 34.9. The predicted octanol–water partition coefficient (Wildman–Crippen LogP) is 14.9. The normalized spacial score (nSPS) is 21.3. The summed E-state index contributed by atoms with van der Waals surface area (Å²) < 4.78 is 125. The van der Waals surface area contributed by atoms with Crippen LogP contribution in [0.15, 0.2) is 71.8 Å². The molecule has 3 aromatic carbocycles. The van der Waals surface area contributed by atoms with Gasteiger partial charge in [-0.1, -0.05) is 0 Å². The van der Waals surface area contributed by atoms with Crippen molar-refractivity contribution >= 4 is 35.1 Å². The molecule has 3 unspecified atom stereocenters. The zero-order valence-electron chi connectivity index (χ0n) is 30.7. The van der Waals surface area contributed by atoms with Gasteiger partial charge < -0.3 is 0 Å². The summed E-state index contributed by atoms with van der Waals surface area (Å²) in [5, 5.41) is 0. The van der Waals surface area contributed by atoms with Gasteiger partial charge in [-0.2, -0.15) is 0 Å². The average molecular weight is 898 g/mol. The fourth-order valence-electron chi connectivity index (χ4n) is 9.75. The summed E-state index contributed by atoms with van der Waals surface area (Å²) >= 11 is -5.21. The molecule has 6 rings (SSSR count). The van der Waals surface area contributed by atoms with Gasteiger partial charge in [-0.25, -0.2) is 0 Å². The number of hydrogen-bond donors (Lipinski definition) is 0.